The number of hydrogen-bond acceptors (Lipinski definition) is 5. The van der Waals surface area contributed by atoms with Gasteiger partial charge in [-0.25, -0.2) is 4.98 Å². The minimum atomic E-state index is -0.186. The molecule has 6 heteroatoms. The van der Waals surface area contributed by atoms with Gasteiger partial charge in [0, 0.05) is 24.9 Å². The lowest BCUT2D eigenvalue weighted by Gasteiger charge is -2.26. The van der Waals surface area contributed by atoms with Gasteiger partial charge in [0.1, 0.15) is 6.10 Å². The lowest BCUT2D eigenvalue weighted by Crippen LogP contribution is -2.42. The van der Waals surface area contributed by atoms with Gasteiger partial charge in [-0.1, -0.05) is 12.8 Å². The molecule has 0 radical (unpaired) electrons. The van der Waals surface area contributed by atoms with Crippen LogP contribution in [-0.2, 0) is 9.53 Å². The van der Waals surface area contributed by atoms with E-state index in [1.54, 1.807) is 18.6 Å². The normalized spacial score (nSPS) is 23.8. The quantitative estimate of drug-likeness (QED) is 0.839. The zero-order chi connectivity index (χ0) is 14.5. The van der Waals surface area contributed by atoms with Gasteiger partial charge in [0.2, 0.25) is 11.8 Å². The van der Waals surface area contributed by atoms with Crippen LogP contribution in [0, 0.1) is 5.92 Å². The minimum Gasteiger partial charge on any atom is -0.469 e. The predicted molar refractivity (Wildman–Crippen MR) is 75.8 cm³/mol. The molecule has 114 valence electrons. The van der Waals surface area contributed by atoms with Crippen molar-refractivity contribution in [3.63, 3.8) is 0 Å². The van der Waals surface area contributed by atoms with Crippen molar-refractivity contribution in [2.75, 3.05) is 26.3 Å². The fourth-order valence-corrected chi connectivity index (χ4v) is 3.00. The first-order valence-electron chi connectivity index (χ1n) is 7.62. The third kappa shape index (κ3) is 3.69. The number of aromatic nitrogens is 2. The fraction of sp³-hybridized carbons (Fsp3) is 0.667. The van der Waals surface area contributed by atoms with Crippen molar-refractivity contribution in [2.24, 2.45) is 5.92 Å². The van der Waals surface area contributed by atoms with Gasteiger partial charge >= 0.3 is 0 Å². The molecule has 1 aliphatic carbocycles. The highest BCUT2D eigenvalue weighted by Crippen LogP contribution is 2.27. The van der Waals surface area contributed by atoms with Gasteiger partial charge in [0.05, 0.1) is 26.0 Å². The Hall–Kier alpha value is -1.69. The number of ether oxygens (including phenoxy) is 2. The van der Waals surface area contributed by atoms with Crippen molar-refractivity contribution < 1.29 is 14.3 Å². The molecule has 1 aromatic heterocycles. The van der Waals surface area contributed by atoms with Crippen LogP contribution in [0.1, 0.15) is 25.7 Å². The summed E-state index contributed by atoms with van der Waals surface area (Å²) in [6.45, 7) is 2.26. The van der Waals surface area contributed by atoms with E-state index in [4.69, 9.17) is 9.47 Å². The molecule has 2 aliphatic rings. The second-order valence-corrected chi connectivity index (χ2v) is 5.62. The third-order valence-electron chi connectivity index (χ3n) is 4.08. The molecule has 0 bridgehead atoms. The van der Waals surface area contributed by atoms with Gasteiger partial charge in [-0.15, -0.1) is 0 Å². The molecule has 3 rings (SSSR count). The Balaban J connectivity index is 1.61. The number of rotatable bonds is 3. The molecule has 21 heavy (non-hydrogen) atoms. The molecule has 0 unspecified atom stereocenters. The predicted octanol–water partition coefficient (Wildman–Crippen LogP) is 1.27. The maximum atomic E-state index is 12.5. The average Bonchev–Trinajstić information content (AvgIpc) is 2.95. The summed E-state index contributed by atoms with van der Waals surface area (Å²) in [7, 11) is 0. The summed E-state index contributed by atoms with van der Waals surface area (Å²) >= 11 is 0. The van der Waals surface area contributed by atoms with Crippen molar-refractivity contribution in [1.29, 1.82) is 0 Å². The topological polar surface area (TPSA) is 64.6 Å². The largest absolute Gasteiger partial charge is 0.469 e. The van der Waals surface area contributed by atoms with Crippen LogP contribution in [0.15, 0.2) is 18.6 Å². The average molecular weight is 291 g/mol. The van der Waals surface area contributed by atoms with Crippen molar-refractivity contribution in [2.45, 2.75) is 31.8 Å². The fourth-order valence-electron chi connectivity index (χ4n) is 3.00. The molecule has 6 nitrogen and oxygen atoms in total. The molecule has 1 aliphatic heterocycles. The lowest BCUT2D eigenvalue weighted by molar-refractivity contribution is -0.136. The molecule has 0 N–H and O–H groups in total. The maximum Gasteiger partial charge on any atom is 0.232 e. The molecule has 2 heterocycles. The SMILES string of the molecule is O=C(C1CCCC1)N1CCOC[C@H](Oc2cnccn2)C1. The van der Waals surface area contributed by atoms with Gasteiger partial charge in [-0.05, 0) is 12.8 Å². The van der Waals surface area contributed by atoms with Crippen LogP contribution in [0.5, 0.6) is 5.88 Å². The van der Waals surface area contributed by atoms with Crippen molar-refractivity contribution >= 4 is 5.91 Å². The second-order valence-electron chi connectivity index (χ2n) is 5.62. The standard InChI is InChI=1S/C15H21N3O3/c19-15(12-3-1-2-4-12)18-7-8-20-11-13(10-18)21-14-9-16-5-6-17-14/h5-6,9,12-13H,1-4,7-8,10-11H2/t13-/m1/s1. The summed E-state index contributed by atoms with van der Waals surface area (Å²) in [4.78, 5) is 22.5. The molecule has 1 amide bonds. The van der Waals surface area contributed by atoms with E-state index in [1.165, 1.54) is 12.8 Å². The number of nitrogens with zero attached hydrogens (tertiary/aromatic N) is 3. The Morgan fingerprint density at radius 1 is 1.33 bits per heavy atom. The molecular weight excluding hydrogens is 270 g/mol. The van der Waals surface area contributed by atoms with E-state index in [0.29, 0.717) is 32.2 Å². The smallest absolute Gasteiger partial charge is 0.232 e. The summed E-state index contributed by atoms with van der Waals surface area (Å²) in [5.74, 6) is 0.923. The van der Waals surface area contributed by atoms with E-state index in [0.717, 1.165) is 12.8 Å². The van der Waals surface area contributed by atoms with Gasteiger partial charge in [0.25, 0.3) is 0 Å². The summed E-state index contributed by atoms with van der Waals surface area (Å²) in [6, 6.07) is 0. The van der Waals surface area contributed by atoms with Crippen molar-refractivity contribution in [3.05, 3.63) is 18.6 Å². The Labute approximate surface area is 124 Å². The molecule has 1 atom stereocenters. The van der Waals surface area contributed by atoms with Gasteiger partial charge in [0.15, 0.2) is 0 Å². The van der Waals surface area contributed by atoms with E-state index in [9.17, 15) is 4.79 Å². The number of hydrogen-bond donors (Lipinski definition) is 0. The van der Waals surface area contributed by atoms with Crippen LogP contribution >= 0.6 is 0 Å². The van der Waals surface area contributed by atoms with Crippen LogP contribution in [-0.4, -0.2) is 53.2 Å². The molecule has 1 saturated heterocycles. The number of carbonyl (C=O) groups excluding carboxylic acids is 1. The van der Waals surface area contributed by atoms with E-state index in [2.05, 4.69) is 9.97 Å². The molecular formula is C15H21N3O3. The van der Waals surface area contributed by atoms with Crippen LogP contribution in [0.25, 0.3) is 0 Å². The van der Waals surface area contributed by atoms with E-state index < -0.39 is 0 Å². The highest BCUT2D eigenvalue weighted by Gasteiger charge is 2.30. The lowest BCUT2D eigenvalue weighted by atomic mass is 10.1. The van der Waals surface area contributed by atoms with Gasteiger partial charge in [-0.2, -0.15) is 0 Å². The van der Waals surface area contributed by atoms with Gasteiger partial charge in [-0.3, -0.25) is 9.78 Å². The number of carbonyl (C=O) groups is 1. The first-order chi connectivity index (χ1) is 10.3. The number of amides is 1. The first kappa shape index (κ1) is 14.3. The molecule has 1 aromatic rings. The van der Waals surface area contributed by atoms with Crippen molar-refractivity contribution in [3.8, 4) is 5.88 Å². The van der Waals surface area contributed by atoms with Crippen LogP contribution in [0.4, 0.5) is 0 Å². The van der Waals surface area contributed by atoms with E-state index >= 15 is 0 Å². The second kappa shape index (κ2) is 6.85. The maximum absolute atomic E-state index is 12.5. The van der Waals surface area contributed by atoms with Crippen molar-refractivity contribution in [1.82, 2.24) is 14.9 Å². The van der Waals surface area contributed by atoms with E-state index in [-0.39, 0.29) is 17.9 Å². The summed E-state index contributed by atoms with van der Waals surface area (Å²) in [5.41, 5.74) is 0. The summed E-state index contributed by atoms with van der Waals surface area (Å²) in [5, 5.41) is 0. The zero-order valence-corrected chi connectivity index (χ0v) is 12.1. The highest BCUT2D eigenvalue weighted by molar-refractivity contribution is 5.79. The third-order valence-corrected chi connectivity index (χ3v) is 4.08. The van der Waals surface area contributed by atoms with E-state index in [1.807, 2.05) is 4.90 Å². The summed E-state index contributed by atoms with van der Waals surface area (Å²) in [6.07, 6.45) is 8.96. The molecule has 0 aromatic carbocycles. The minimum absolute atomic E-state index is 0.186. The monoisotopic (exact) mass is 291 g/mol. The highest BCUT2D eigenvalue weighted by atomic mass is 16.5. The van der Waals surface area contributed by atoms with Crippen LogP contribution in [0.3, 0.4) is 0 Å². The van der Waals surface area contributed by atoms with Crippen LogP contribution in [0.2, 0.25) is 0 Å². The first-order valence-corrected chi connectivity index (χ1v) is 7.62. The Morgan fingerprint density at radius 3 is 2.95 bits per heavy atom. The summed E-state index contributed by atoms with van der Waals surface area (Å²) < 4.78 is 11.3. The Morgan fingerprint density at radius 2 is 2.19 bits per heavy atom. The Kier molecular flexibility index (Phi) is 4.65. The molecule has 0 spiro atoms. The molecule has 2 fully saturated rings. The Bertz CT molecular complexity index is 462. The zero-order valence-electron chi connectivity index (χ0n) is 12.1. The van der Waals surface area contributed by atoms with Gasteiger partial charge < -0.3 is 14.4 Å². The molecule has 1 saturated carbocycles. The van der Waals surface area contributed by atoms with Crippen LogP contribution < -0.4 is 4.74 Å².